The highest BCUT2D eigenvalue weighted by atomic mass is 19.4. The molecule has 1 fully saturated rings. The quantitative estimate of drug-likeness (QED) is 0.828. The van der Waals surface area contributed by atoms with Crippen molar-refractivity contribution in [2.75, 3.05) is 32.0 Å². The Bertz CT molecular complexity index is 414. The highest BCUT2D eigenvalue weighted by Crippen LogP contribution is 2.34. The highest BCUT2D eigenvalue weighted by Gasteiger charge is 2.34. The van der Waals surface area contributed by atoms with Crippen molar-refractivity contribution >= 4 is 5.69 Å². The molecule has 0 spiro atoms. The fraction of sp³-hybridized carbons (Fsp3) is 0.500. The van der Waals surface area contributed by atoms with Crippen LogP contribution in [-0.4, -0.2) is 31.2 Å². The number of nitrogens with two attached hydrogens (primary N) is 1. The van der Waals surface area contributed by atoms with E-state index in [-0.39, 0.29) is 17.8 Å². The number of hydrogen-bond donors (Lipinski definition) is 1. The number of halogens is 3. The monoisotopic (exact) mass is 260 g/mol. The fourth-order valence-corrected chi connectivity index (χ4v) is 2.03. The molecule has 1 aromatic rings. The molecule has 1 saturated heterocycles. The van der Waals surface area contributed by atoms with Crippen molar-refractivity contribution < 1.29 is 17.9 Å². The van der Waals surface area contributed by atoms with E-state index < -0.39 is 11.7 Å². The van der Waals surface area contributed by atoms with Crippen molar-refractivity contribution in [3.05, 3.63) is 29.3 Å². The lowest BCUT2D eigenvalue weighted by Gasteiger charge is -2.28. The number of ether oxygens (including phenoxy) is 1. The van der Waals surface area contributed by atoms with Gasteiger partial charge in [-0.05, 0) is 12.1 Å². The maximum absolute atomic E-state index is 12.9. The van der Waals surface area contributed by atoms with Crippen LogP contribution >= 0.6 is 0 Å². The van der Waals surface area contributed by atoms with Crippen LogP contribution in [-0.2, 0) is 17.5 Å². The molecule has 0 saturated carbocycles. The smallest absolute Gasteiger partial charge is 0.398 e. The zero-order valence-electron chi connectivity index (χ0n) is 9.83. The van der Waals surface area contributed by atoms with Crippen LogP contribution in [0.15, 0.2) is 18.2 Å². The molecule has 0 atom stereocenters. The third-order valence-corrected chi connectivity index (χ3v) is 3.00. The van der Waals surface area contributed by atoms with Crippen molar-refractivity contribution in [2.45, 2.75) is 12.7 Å². The Kier molecular flexibility index (Phi) is 3.77. The first-order valence-electron chi connectivity index (χ1n) is 5.73. The Morgan fingerprint density at radius 2 is 1.89 bits per heavy atom. The van der Waals surface area contributed by atoms with Crippen molar-refractivity contribution in [1.29, 1.82) is 0 Å². The van der Waals surface area contributed by atoms with Crippen LogP contribution < -0.4 is 5.73 Å². The van der Waals surface area contributed by atoms with Gasteiger partial charge in [-0.25, -0.2) is 0 Å². The molecule has 18 heavy (non-hydrogen) atoms. The minimum Gasteiger partial charge on any atom is -0.398 e. The summed E-state index contributed by atoms with van der Waals surface area (Å²) in [6.07, 6.45) is -4.36. The SMILES string of the molecule is Nc1cccc(C(F)(F)F)c1CN1CCOCC1. The third-order valence-electron chi connectivity index (χ3n) is 3.00. The van der Waals surface area contributed by atoms with Gasteiger partial charge in [-0.3, -0.25) is 4.90 Å². The topological polar surface area (TPSA) is 38.5 Å². The van der Waals surface area contributed by atoms with E-state index in [0.717, 1.165) is 6.07 Å². The lowest BCUT2D eigenvalue weighted by Crippen LogP contribution is -2.36. The molecule has 0 unspecified atom stereocenters. The molecular formula is C12H15F3N2O. The minimum atomic E-state index is -4.36. The van der Waals surface area contributed by atoms with Crippen molar-refractivity contribution in [3.63, 3.8) is 0 Å². The van der Waals surface area contributed by atoms with Gasteiger partial charge in [0.15, 0.2) is 0 Å². The van der Waals surface area contributed by atoms with Gasteiger partial charge in [-0.15, -0.1) is 0 Å². The fourth-order valence-electron chi connectivity index (χ4n) is 2.03. The number of benzene rings is 1. The highest BCUT2D eigenvalue weighted by molar-refractivity contribution is 5.51. The van der Waals surface area contributed by atoms with Crippen molar-refractivity contribution in [3.8, 4) is 0 Å². The van der Waals surface area contributed by atoms with Crippen LogP contribution in [0.2, 0.25) is 0 Å². The Labute approximate surface area is 103 Å². The maximum Gasteiger partial charge on any atom is 0.416 e. The largest absolute Gasteiger partial charge is 0.416 e. The lowest BCUT2D eigenvalue weighted by molar-refractivity contribution is -0.138. The van der Waals surface area contributed by atoms with E-state index >= 15 is 0 Å². The molecule has 0 bridgehead atoms. The third kappa shape index (κ3) is 2.94. The number of nitrogens with zero attached hydrogens (tertiary/aromatic N) is 1. The first kappa shape index (κ1) is 13.2. The lowest BCUT2D eigenvalue weighted by atomic mass is 10.0. The Morgan fingerprint density at radius 1 is 1.22 bits per heavy atom. The number of rotatable bonds is 2. The average Bonchev–Trinajstić information content (AvgIpc) is 2.32. The number of anilines is 1. The Morgan fingerprint density at radius 3 is 2.50 bits per heavy atom. The van der Waals surface area contributed by atoms with E-state index in [9.17, 15) is 13.2 Å². The predicted molar refractivity (Wildman–Crippen MR) is 62.0 cm³/mol. The molecule has 0 aromatic heterocycles. The Balaban J connectivity index is 2.25. The molecule has 100 valence electrons. The molecule has 6 heteroatoms. The van der Waals surface area contributed by atoms with Gasteiger partial charge >= 0.3 is 6.18 Å². The molecule has 2 rings (SSSR count). The number of morpholine rings is 1. The van der Waals surface area contributed by atoms with Crippen LogP contribution in [0, 0.1) is 0 Å². The summed E-state index contributed by atoms with van der Waals surface area (Å²) >= 11 is 0. The second-order valence-corrected chi connectivity index (χ2v) is 4.26. The van der Waals surface area contributed by atoms with Crippen molar-refractivity contribution in [2.24, 2.45) is 0 Å². The summed E-state index contributed by atoms with van der Waals surface area (Å²) in [7, 11) is 0. The van der Waals surface area contributed by atoms with Crippen LogP contribution in [0.3, 0.4) is 0 Å². The summed E-state index contributed by atoms with van der Waals surface area (Å²) < 4.78 is 43.8. The summed E-state index contributed by atoms with van der Waals surface area (Å²) in [4.78, 5) is 1.92. The summed E-state index contributed by atoms with van der Waals surface area (Å²) in [5.41, 5.74) is 5.38. The first-order chi connectivity index (χ1) is 8.48. The molecule has 1 aliphatic heterocycles. The van der Waals surface area contributed by atoms with Gasteiger partial charge in [0.1, 0.15) is 0 Å². The van der Waals surface area contributed by atoms with E-state index in [1.165, 1.54) is 12.1 Å². The molecule has 1 aliphatic rings. The van der Waals surface area contributed by atoms with Gasteiger partial charge in [0.05, 0.1) is 18.8 Å². The summed E-state index contributed by atoms with van der Waals surface area (Å²) in [5, 5.41) is 0. The van der Waals surface area contributed by atoms with Crippen LogP contribution in [0.4, 0.5) is 18.9 Å². The molecule has 1 aromatic carbocycles. The number of nitrogen functional groups attached to an aromatic ring is 1. The maximum atomic E-state index is 12.9. The summed E-state index contributed by atoms with van der Waals surface area (Å²) in [5.74, 6) is 0. The van der Waals surface area contributed by atoms with Gasteiger partial charge in [0.25, 0.3) is 0 Å². The molecular weight excluding hydrogens is 245 g/mol. The zero-order chi connectivity index (χ0) is 13.2. The molecule has 2 N–H and O–H groups in total. The molecule has 0 radical (unpaired) electrons. The van der Waals surface area contributed by atoms with E-state index in [1.54, 1.807) is 0 Å². The standard InChI is InChI=1S/C12H15F3N2O/c13-12(14,15)10-2-1-3-11(16)9(10)8-17-4-6-18-7-5-17/h1-3H,4-8,16H2. The summed E-state index contributed by atoms with van der Waals surface area (Å²) in [6.45, 7) is 2.57. The van der Waals surface area contributed by atoms with Crippen LogP contribution in [0.5, 0.6) is 0 Å². The van der Waals surface area contributed by atoms with E-state index in [0.29, 0.717) is 26.3 Å². The van der Waals surface area contributed by atoms with Crippen LogP contribution in [0.1, 0.15) is 11.1 Å². The molecule has 3 nitrogen and oxygen atoms in total. The average molecular weight is 260 g/mol. The summed E-state index contributed by atoms with van der Waals surface area (Å²) in [6, 6.07) is 3.91. The van der Waals surface area contributed by atoms with Crippen molar-refractivity contribution in [1.82, 2.24) is 4.90 Å². The minimum absolute atomic E-state index is 0.159. The van der Waals surface area contributed by atoms with Gasteiger partial charge in [-0.2, -0.15) is 13.2 Å². The van der Waals surface area contributed by atoms with E-state index in [2.05, 4.69) is 0 Å². The van der Waals surface area contributed by atoms with E-state index in [1.807, 2.05) is 4.90 Å². The van der Waals surface area contributed by atoms with Gasteiger partial charge in [0.2, 0.25) is 0 Å². The van der Waals surface area contributed by atoms with E-state index in [4.69, 9.17) is 10.5 Å². The second kappa shape index (κ2) is 5.16. The van der Waals surface area contributed by atoms with Crippen LogP contribution in [0.25, 0.3) is 0 Å². The second-order valence-electron chi connectivity index (χ2n) is 4.26. The van der Waals surface area contributed by atoms with Gasteiger partial charge in [0, 0.05) is 30.9 Å². The normalized spacial score (nSPS) is 17.9. The molecule has 0 aliphatic carbocycles. The zero-order valence-corrected chi connectivity index (χ0v) is 9.83. The predicted octanol–water partition coefficient (Wildman–Crippen LogP) is 2.12. The first-order valence-corrected chi connectivity index (χ1v) is 5.73. The van der Waals surface area contributed by atoms with Gasteiger partial charge < -0.3 is 10.5 Å². The number of alkyl halides is 3. The number of hydrogen-bond acceptors (Lipinski definition) is 3. The molecule has 0 amide bonds. The Hall–Kier alpha value is -1.27. The van der Waals surface area contributed by atoms with Gasteiger partial charge in [-0.1, -0.05) is 6.07 Å². The molecule has 1 heterocycles.